The van der Waals surface area contributed by atoms with Crippen molar-refractivity contribution < 1.29 is 37.3 Å². The van der Waals surface area contributed by atoms with Crippen molar-refractivity contribution in [3.8, 4) is 0 Å². The molecular formula is Cl4ErSi. The maximum atomic E-state index is 4.97. The van der Waals surface area contributed by atoms with Crippen molar-refractivity contribution in [2.75, 3.05) is 0 Å². The van der Waals surface area contributed by atoms with Gasteiger partial charge in [0.05, 0.1) is 0 Å². The molecule has 0 aromatic rings. The van der Waals surface area contributed by atoms with Gasteiger partial charge in [-0.1, -0.05) is 0 Å². The summed E-state index contributed by atoms with van der Waals surface area (Å²) in [4.78, 5) is 0. The minimum atomic E-state index is -2.72. The summed E-state index contributed by atoms with van der Waals surface area (Å²) in [7, 11) is 0. The molecule has 6 heavy (non-hydrogen) atoms. The summed E-state index contributed by atoms with van der Waals surface area (Å²) in [6.45, 7) is 0. The van der Waals surface area contributed by atoms with Crippen molar-refractivity contribution in [2.45, 2.75) is 0 Å². The average Bonchev–Trinajstić information content (AvgIpc) is 0.722. The van der Waals surface area contributed by atoms with Crippen LogP contribution >= 0.6 is 44.3 Å². The second kappa shape index (κ2) is 4.50. The zero-order valence-electron chi connectivity index (χ0n) is 2.30. The van der Waals surface area contributed by atoms with Crippen LogP contribution in [0.4, 0.5) is 0 Å². The fourth-order valence-electron chi connectivity index (χ4n) is 0. The van der Waals surface area contributed by atoms with Gasteiger partial charge in [0, 0.05) is 37.3 Å². The second-order valence-corrected chi connectivity index (χ2v) is 11.6. The molecule has 0 rings (SSSR count). The molecule has 0 radical (unpaired) electrons. The van der Waals surface area contributed by atoms with Gasteiger partial charge in [0.15, 0.2) is 0 Å². The van der Waals surface area contributed by atoms with Crippen LogP contribution in [0.2, 0.25) is 0 Å². The van der Waals surface area contributed by atoms with E-state index in [9.17, 15) is 0 Å². The van der Waals surface area contributed by atoms with Crippen LogP contribution in [-0.2, 0) is 0 Å². The fraction of sp³-hybridized carbons (Fsp3) is 0. The quantitative estimate of drug-likeness (QED) is 0.470. The van der Waals surface area contributed by atoms with E-state index in [0.29, 0.717) is 0 Å². The van der Waals surface area contributed by atoms with Crippen LogP contribution in [0.25, 0.3) is 0 Å². The Bertz CT molecular complexity index is 23.0. The zero-order valence-corrected chi connectivity index (χ0v) is 8.18. The molecule has 44 valence electrons. The van der Waals surface area contributed by atoms with Crippen LogP contribution in [-0.4, -0.2) is 5.31 Å². The third-order valence-corrected chi connectivity index (χ3v) is 0. The van der Waals surface area contributed by atoms with Crippen molar-refractivity contribution in [2.24, 2.45) is 0 Å². The second-order valence-electron chi connectivity index (χ2n) is 0.429. The maximum absolute atomic E-state index is 4.97. The molecule has 0 fully saturated rings. The largest absolute Gasteiger partial charge is 0.440 e. The minimum Gasteiger partial charge on any atom is -0.110 e. The van der Waals surface area contributed by atoms with Gasteiger partial charge in [0.2, 0.25) is 0 Å². The first kappa shape index (κ1) is 11.4. The van der Waals surface area contributed by atoms with Gasteiger partial charge in [0.25, 0.3) is 0 Å². The van der Waals surface area contributed by atoms with Gasteiger partial charge in [0.1, 0.15) is 0 Å². The third-order valence-electron chi connectivity index (χ3n) is 0. The molecule has 0 atom stereocenters. The van der Waals surface area contributed by atoms with Crippen molar-refractivity contribution in [3.05, 3.63) is 0 Å². The van der Waals surface area contributed by atoms with Gasteiger partial charge in [-0.05, 0) is 0 Å². The van der Waals surface area contributed by atoms with Crippen LogP contribution in [0.3, 0.4) is 0 Å². The molecule has 0 aliphatic carbocycles. The Morgan fingerprint density at radius 2 is 0.833 bits per heavy atom. The fourth-order valence-corrected chi connectivity index (χ4v) is 0. The Morgan fingerprint density at radius 1 is 0.833 bits per heavy atom. The normalized spacial score (nSPS) is 10.0. The van der Waals surface area contributed by atoms with E-state index in [2.05, 4.69) is 0 Å². The van der Waals surface area contributed by atoms with E-state index in [1.165, 1.54) is 0 Å². The summed E-state index contributed by atoms with van der Waals surface area (Å²) in [6, 6.07) is 0. The predicted molar refractivity (Wildman–Crippen MR) is 29.2 cm³/mol. The van der Waals surface area contributed by atoms with Crippen LogP contribution in [0.1, 0.15) is 0 Å². The molecule has 0 heterocycles. The molecule has 0 N–H and O–H groups in total. The van der Waals surface area contributed by atoms with E-state index < -0.39 is 5.31 Å². The molecule has 0 saturated heterocycles. The topological polar surface area (TPSA) is 0 Å². The van der Waals surface area contributed by atoms with Crippen LogP contribution in [0.5, 0.6) is 0 Å². The van der Waals surface area contributed by atoms with E-state index in [-0.39, 0.29) is 37.3 Å². The summed E-state index contributed by atoms with van der Waals surface area (Å²) in [5.74, 6) is 0. The van der Waals surface area contributed by atoms with Gasteiger partial charge in [-0.3, -0.25) is 0 Å². The molecule has 0 aliphatic heterocycles. The molecular weight excluding hydrogens is 337 g/mol. The smallest absolute Gasteiger partial charge is 0.110 e. The Labute approximate surface area is 85.5 Å². The number of rotatable bonds is 0. The van der Waals surface area contributed by atoms with Crippen LogP contribution in [0.15, 0.2) is 0 Å². The van der Waals surface area contributed by atoms with E-state index in [1.54, 1.807) is 0 Å². The summed E-state index contributed by atoms with van der Waals surface area (Å²) in [6.07, 6.45) is 0. The van der Waals surface area contributed by atoms with Gasteiger partial charge >= 0.3 is 5.31 Å². The predicted octanol–water partition coefficient (Wildman–Crippen LogP) is 2.38. The average molecular weight is 337 g/mol. The first-order valence-corrected chi connectivity index (χ1v) is 6.80. The van der Waals surface area contributed by atoms with E-state index >= 15 is 0 Å². The minimum absolute atomic E-state index is 0. The molecule has 0 unspecified atom stereocenters. The maximum Gasteiger partial charge on any atom is 0.440 e. The molecule has 0 nitrogen and oxygen atoms in total. The molecule has 0 amide bonds. The Balaban J connectivity index is 0. The molecule has 0 bridgehead atoms. The number of hydrogen-bond donors (Lipinski definition) is 0. The first-order chi connectivity index (χ1) is 2.00. The molecule has 0 aromatic carbocycles. The summed E-state index contributed by atoms with van der Waals surface area (Å²) < 4.78 is 0. The van der Waals surface area contributed by atoms with Gasteiger partial charge in [-0.15, -0.1) is 44.3 Å². The van der Waals surface area contributed by atoms with Crippen LogP contribution in [0, 0.1) is 37.3 Å². The van der Waals surface area contributed by atoms with Crippen molar-refractivity contribution in [1.82, 2.24) is 0 Å². The number of halogens is 4. The van der Waals surface area contributed by atoms with Gasteiger partial charge < -0.3 is 0 Å². The Morgan fingerprint density at radius 3 is 0.833 bits per heavy atom. The summed E-state index contributed by atoms with van der Waals surface area (Å²) >= 11 is 19.9. The molecule has 0 spiro atoms. The van der Waals surface area contributed by atoms with Crippen molar-refractivity contribution >= 4 is 49.6 Å². The van der Waals surface area contributed by atoms with E-state index in [4.69, 9.17) is 44.3 Å². The van der Waals surface area contributed by atoms with E-state index in [1.807, 2.05) is 0 Å². The summed E-state index contributed by atoms with van der Waals surface area (Å²) in [5, 5.41) is -2.72. The summed E-state index contributed by atoms with van der Waals surface area (Å²) in [5.41, 5.74) is 0. The van der Waals surface area contributed by atoms with Crippen molar-refractivity contribution in [1.29, 1.82) is 0 Å². The number of hydrogen-bond acceptors (Lipinski definition) is 0. The molecule has 6 heteroatoms. The van der Waals surface area contributed by atoms with Gasteiger partial charge in [-0.25, -0.2) is 0 Å². The van der Waals surface area contributed by atoms with Gasteiger partial charge in [-0.2, -0.15) is 0 Å². The third kappa shape index (κ3) is 30.4. The molecule has 0 saturated carbocycles. The zero-order chi connectivity index (χ0) is 4.50. The SMILES string of the molecule is Cl[Si](Cl)(Cl)Cl.[Er]. The van der Waals surface area contributed by atoms with E-state index in [0.717, 1.165) is 0 Å². The van der Waals surface area contributed by atoms with Crippen LogP contribution < -0.4 is 0 Å². The Kier molecular flexibility index (Phi) is 8.56. The Hall–Kier alpha value is 2.62. The molecule has 0 aromatic heterocycles. The standard InChI is InChI=1S/Cl4Si.Er/c1-5(2,3)4;. The molecule has 0 aliphatic rings. The van der Waals surface area contributed by atoms with Crippen molar-refractivity contribution in [3.63, 3.8) is 0 Å². The first-order valence-electron chi connectivity index (χ1n) is 0.756. The monoisotopic (exact) mass is 334 g/mol.